The first-order valence-electron chi connectivity index (χ1n) is 17.9. The van der Waals surface area contributed by atoms with E-state index >= 15 is 0 Å². The molecule has 2 aliphatic rings. The number of hydrogen-bond donors (Lipinski definition) is 0. The van der Waals surface area contributed by atoms with Gasteiger partial charge in [0.1, 0.15) is 5.69 Å². The first-order valence-corrected chi connectivity index (χ1v) is 17.9. The minimum atomic E-state index is 0.757. The van der Waals surface area contributed by atoms with Gasteiger partial charge in [-0.3, -0.25) is 4.90 Å². The van der Waals surface area contributed by atoms with Crippen LogP contribution in [0.2, 0.25) is 0 Å². The Balaban J connectivity index is 1.07. The van der Waals surface area contributed by atoms with Crippen molar-refractivity contribution in [3.8, 4) is 45.5 Å². The van der Waals surface area contributed by atoms with E-state index in [1.165, 1.54) is 38.1 Å². The largest absolute Gasteiger partial charge is 0.453 e. The number of ether oxygens (including phenoxy) is 2. The van der Waals surface area contributed by atoms with Gasteiger partial charge >= 0.3 is 0 Å². The van der Waals surface area contributed by atoms with Crippen molar-refractivity contribution in [3.63, 3.8) is 0 Å². The van der Waals surface area contributed by atoms with Gasteiger partial charge in [-0.1, -0.05) is 97.1 Å². The lowest BCUT2D eigenvalue weighted by Gasteiger charge is -2.38. The summed E-state index contributed by atoms with van der Waals surface area (Å²) in [7, 11) is 0. The molecule has 2 aromatic heterocycles. The van der Waals surface area contributed by atoms with E-state index in [4.69, 9.17) is 9.47 Å². The molecule has 0 N–H and O–H groups in total. The van der Waals surface area contributed by atoms with Crippen LogP contribution in [0.1, 0.15) is 0 Å². The molecule has 248 valence electrons. The molecule has 4 heterocycles. The third-order valence-corrected chi connectivity index (χ3v) is 10.9. The van der Waals surface area contributed by atoms with Crippen molar-refractivity contribution in [1.82, 2.24) is 9.13 Å². The highest BCUT2D eigenvalue weighted by Crippen LogP contribution is 2.60. The van der Waals surface area contributed by atoms with Crippen LogP contribution < -0.4 is 14.4 Å². The molecule has 0 saturated carbocycles. The second-order valence-electron chi connectivity index (χ2n) is 13.8. The Bertz CT molecular complexity index is 3070. The zero-order chi connectivity index (χ0) is 34.6. The summed E-state index contributed by atoms with van der Waals surface area (Å²) in [6.45, 7) is 0. The number of aromatic nitrogens is 2. The topological polar surface area (TPSA) is 31.6 Å². The first-order chi connectivity index (χ1) is 26.3. The van der Waals surface area contributed by atoms with Gasteiger partial charge in [-0.05, 0) is 77.9 Å². The van der Waals surface area contributed by atoms with Gasteiger partial charge < -0.3 is 18.6 Å². The van der Waals surface area contributed by atoms with Crippen LogP contribution in [0.4, 0.5) is 17.1 Å². The van der Waals surface area contributed by atoms with Crippen LogP contribution >= 0.6 is 0 Å². The van der Waals surface area contributed by atoms with Gasteiger partial charge in [0.15, 0.2) is 23.0 Å². The van der Waals surface area contributed by atoms with Gasteiger partial charge in [0.2, 0.25) is 0 Å². The van der Waals surface area contributed by atoms with Crippen molar-refractivity contribution in [2.75, 3.05) is 4.90 Å². The number of rotatable bonds is 3. The summed E-state index contributed by atoms with van der Waals surface area (Å²) in [4.78, 5) is 2.26. The lowest BCUT2D eigenvalue weighted by Crippen LogP contribution is -2.20. The molecule has 0 bridgehead atoms. The number of fused-ring (bicyclic) bond motifs is 10. The molecule has 0 aliphatic carbocycles. The van der Waals surface area contributed by atoms with E-state index in [1.807, 2.05) is 36.4 Å². The van der Waals surface area contributed by atoms with Crippen LogP contribution in [-0.4, -0.2) is 9.13 Å². The quantitative estimate of drug-likeness (QED) is 0.186. The highest BCUT2D eigenvalue weighted by Gasteiger charge is 2.35. The standard InChI is InChI=1S/C48H29N3O2/c1-2-12-32(13-3-1)49-39-17-7-5-15-35(39)37-26-30(23-25-40(37)49)31-22-24-36-34-14-4-6-16-38(34)50(43(36)27-31)33-28-46-48-47(29-33)53-45-21-11-9-19-42(45)51(48)41-18-8-10-20-44(41)52-46/h1-29H. The van der Waals surface area contributed by atoms with Crippen LogP contribution in [0.3, 0.4) is 0 Å². The van der Waals surface area contributed by atoms with Crippen LogP contribution in [0, 0.1) is 0 Å². The highest BCUT2D eigenvalue weighted by molar-refractivity contribution is 6.12. The third-order valence-electron chi connectivity index (χ3n) is 10.9. The Morgan fingerprint density at radius 1 is 0.321 bits per heavy atom. The summed E-state index contributed by atoms with van der Waals surface area (Å²) in [5, 5.41) is 4.86. The molecule has 5 nitrogen and oxygen atoms in total. The van der Waals surface area contributed by atoms with Crippen molar-refractivity contribution in [3.05, 3.63) is 176 Å². The predicted octanol–water partition coefficient (Wildman–Crippen LogP) is 13.2. The Kier molecular flexibility index (Phi) is 5.71. The van der Waals surface area contributed by atoms with Gasteiger partial charge in [-0.25, -0.2) is 0 Å². The van der Waals surface area contributed by atoms with Crippen molar-refractivity contribution < 1.29 is 9.47 Å². The van der Waals surface area contributed by atoms with E-state index in [0.717, 1.165) is 68.0 Å². The zero-order valence-electron chi connectivity index (χ0n) is 28.4. The molecule has 0 spiro atoms. The molecule has 2 aliphatic heterocycles. The maximum Gasteiger partial charge on any atom is 0.157 e. The van der Waals surface area contributed by atoms with Crippen molar-refractivity contribution >= 4 is 60.7 Å². The molecule has 5 heteroatoms. The minimum absolute atomic E-state index is 0.757. The molecule has 0 saturated heterocycles. The Morgan fingerprint density at radius 3 is 1.53 bits per heavy atom. The molecular weight excluding hydrogens is 651 g/mol. The van der Waals surface area contributed by atoms with Crippen LogP contribution in [0.5, 0.6) is 23.0 Å². The van der Waals surface area contributed by atoms with Crippen LogP contribution in [0.15, 0.2) is 176 Å². The Hall–Kier alpha value is -7.24. The van der Waals surface area contributed by atoms with Crippen LogP contribution in [0.25, 0.3) is 66.1 Å². The maximum atomic E-state index is 6.67. The molecule has 10 aromatic rings. The number of para-hydroxylation sites is 7. The molecule has 8 aromatic carbocycles. The maximum absolute atomic E-state index is 6.67. The average molecular weight is 680 g/mol. The van der Waals surface area contributed by atoms with Gasteiger partial charge in [0.05, 0.1) is 39.1 Å². The number of benzene rings is 8. The fraction of sp³-hybridized carbons (Fsp3) is 0. The molecular formula is C48H29N3O2. The van der Waals surface area contributed by atoms with Gasteiger partial charge in [0.25, 0.3) is 0 Å². The Labute approximate surface area is 304 Å². The second kappa shape index (κ2) is 10.6. The van der Waals surface area contributed by atoms with Crippen molar-refractivity contribution in [2.45, 2.75) is 0 Å². The molecule has 0 amide bonds. The van der Waals surface area contributed by atoms with E-state index in [-0.39, 0.29) is 0 Å². The fourth-order valence-corrected chi connectivity index (χ4v) is 8.57. The monoisotopic (exact) mass is 679 g/mol. The number of nitrogens with zero attached hydrogens (tertiary/aromatic N) is 3. The second-order valence-corrected chi connectivity index (χ2v) is 13.8. The molecule has 0 radical (unpaired) electrons. The molecule has 12 rings (SSSR count). The van der Waals surface area contributed by atoms with E-state index in [9.17, 15) is 0 Å². The summed E-state index contributed by atoms with van der Waals surface area (Å²) in [6, 6.07) is 62.4. The number of anilines is 3. The van der Waals surface area contributed by atoms with Gasteiger partial charge in [-0.2, -0.15) is 0 Å². The summed E-state index contributed by atoms with van der Waals surface area (Å²) >= 11 is 0. The average Bonchev–Trinajstić information content (AvgIpc) is 3.73. The third kappa shape index (κ3) is 4.02. The van der Waals surface area contributed by atoms with E-state index < -0.39 is 0 Å². The van der Waals surface area contributed by atoms with Gasteiger partial charge in [0, 0.05) is 39.4 Å². The van der Waals surface area contributed by atoms with E-state index in [2.05, 4.69) is 154 Å². The molecule has 0 fully saturated rings. The summed E-state index contributed by atoms with van der Waals surface area (Å²) in [5.74, 6) is 3.14. The SMILES string of the molecule is c1ccc(-n2c3ccccc3c3cc(-c4ccc5c6ccccc6n(-c6cc7c8c(c6)Oc6ccccc6N8c6ccccc6O7)c5c4)ccc32)cc1. The summed E-state index contributed by atoms with van der Waals surface area (Å²) in [6.07, 6.45) is 0. The summed E-state index contributed by atoms with van der Waals surface area (Å²) in [5.41, 5.74) is 12.0. The van der Waals surface area contributed by atoms with Crippen molar-refractivity contribution in [1.29, 1.82) is 0 Å². The van der Waals surface area contributed by atoms with Crippen LogP contribution in [-0.2, 0) is 0 Å². The predicted molar refractivity (Wildman–Crippen MR) is 215 cm³/mol. The highest BCUT2D eigenvalue weighted by atomic mass is 16.5. The lowest BCUT2D eigenvalue weighted by atomic mass is 10.0. The molecule has 53 heavy (non-hydrogen) atoms. The van der Waals surface area contributed by atoms with Crippen molar-refractivity contribution in [2.24, 2.45) is 0 Å². The van der Waals surface area contributed by atoms with Gasteiger partial charge in [-0.15, -0.1) is 0 Å². The van der Waals surface area contributed by atoms with E-state index in [1.54, 1.807) is 0 Å². The smallest absolute Gasteiger partial charge is 0.157 e. The minimum Gasteiger partial charge on any atom is -0.453 e. The first kappa shape index (κ1) is 28.5. The molecule has 0 atom stereocenters. The molecule has 0 unspecified atom stereocenters. The lowest BCUT2D eigenvalue weighted by molar-refractivity contribution is 0.445. The number of hydrogen-bond acceptors (Lipinski definition) is 3. The summed E-state index contributed by atoms with van der Waals surface area (Å²) < 4.78 is 18.0. The zero-order valence-corrected chi connectivity index (χ0v) is 28.4. The normalized spacial score (nSPS) is 12.8. The Morgan fingerprint density at radius 2 is 0.830 bits per heavy atom. The van der Waals surface area contributed by atoms with E-state index in [0.29, 0.717) is 0 Å². The fourth-order valence-electron chi connectivity index (χ4n) is 8.57.